The highest BCUT2D eigenvalue weighted by Gasteiger charge is 2.38. The second-order valence-electron chi connectivity index (χ2n) is 6.22. The Morgan fingerprint density at radius 3 is 2.64 bits per heavy atom. The molecular formula is C17H18F3N5O3. The van der Waals surface area contributed by atoms with Gasteiger partial charge in [0.2, 0.25) is 0 Å². The Kier molecular flexibility index (Phi) is 5.54. The zero-order valence-electron chi connectivity index (χ0n) is 14.9. The van der Waals surface area contributed by atoms with Crippen LogP contribution in [0.15, 0.2) is 41.4 Å². The van der Waals surface area contributed by atoms with Crippen molar-refractivity contribution in [2.75, 3.05) is 6.54 Å². The number of nitrogens with zero attached hydrogens (tertiary/aromatic N) is 5. The highest BCUT2D eigenvalue weighted by molar-refractivity contribution is 5.73. The first-order valence-electron chi connectivity index (χ1n) is 8.32. The Labute approximate surface area is 157 Å². The number of carboxylic acids is 1. The van der Waals surface area contributed by atoms with E-state index in [-0.39, 0.29) is 0 Å². The lowest BCUT2D eigenvalue weighted by Gasteiger charge is -2.27. The van der Waals surface area contributed by atoms with Crippen molar-refractivity contribution < 1.29 is 27.5 Å². The van der Waals surface area contributed by atoms with Crippen LogP contribution in [0, 0.1) is 0 Å². The van der Waals surface area contributed by atoms with Gasteiger partial charge in [0.15, 0.2) is 5.76 Å². The second kappa shape index (κ2) is 7.89. The Morgan fingerprint density at radius 2 is 2.07 bits per heavy atom. The number of rotatable bonds is 3. The fourth-order valence-corrected chi connectivity index (χ4v) is 2.88. The molecule has 0 saturated carbocycles. The third kappa shape index (κ3) is 4.60. The minimum atomic E-state index is -5.08. The number of aliphatic carboxylic acids is 1. The number of imidazole rings is 1. The average molecular weight is 397 g/mol. The van der Waals surface area contributed by atoms with Crippen LogP contribution in [0.1, 0.15) is 11.4 Å². The maximum absolute atomic E-state index is 10.6. The number of aromatic nitrogens is 4. The summed E-state index contributed by atoms with van der Waals surface area (Å²) in [5.41, 5.74) is 2.31. The van der Waals surface area contributed by atoms with Crippen LogP contribution >= 0.6 is 0 Å². The molecule has 0 aliphatic carbocycles. The van der Waals surface area contributed by atoms with Gasteiger partial charge in [0, 0.05) is 38.4 Å². The maximum atomic E-state index is 10.6. The molecule has 0 saturated heterocycles. The first-order chi connectivity index (χ1) is 13.2. The van der Waals surface area contributed by atoms with Crippen molar-refractivity contribution in [2.24, 2.45) is 7.05 Å². The number of hydrogen-bond donors (Lipinski definition) is 1. The van der Waals surface area contributed by atoms with E-state index in [2.05, 4.69) is 25.7 Å². The van der Waals surface area contributed by atoms with E-state index in [1.54, 1.807) is 6.26 Å². The predicted octanol–water partition coefficient (Wildman–Crippen LogP) is 2.53. The van der Waals surface area contributed by atoms with Gasteiger partial charge in [-0.1, -0.05) is 0 Å². The lowest BCUT2D eigenvalue weighted by Crippen LogP contribution is -2.33. The zero-order valence-corrected chi connectivity index (χ0v) is 14.9. The molecule has 4 heterocycles. The van der Waals surface area contributed by atoms with E-state index in [0.29, 0.717) is 0 Å². The first-order valence-corrected chi connectivity index (χ1v) is 8.32. The van der Waals surface area contributed by atoms with Crippen LogP contribution in [0.2, 0.25) is 0 Å². The van der Waals surface area contributed by atoms with Crippen molar-refractivity contribution in [1.82, 2.24) is 24.2 Å². The number of aryl methyl sites for hydroxylation is 1. The van der Waals surface area contributed by atoms with E-state index >= 15 is 0 Å². The molecule has 1 aliphatic rings. The number of alkyl halides is 3. The number of furan rings is 1. The first kappa shape index (κ1) is 19.7. The summed E-state index contributed by atoms with van der Waals surface area (Å²) < 4.78 is 41.3. The minimum absolute atomic E-state index is 0.857. The van der Waals surface area contributed by atoms with Crippen LogP contribution in [0.25, 0.3) is 11.5 Å². The third-order valence-electron chi connectivity index (χ3n) is 4.12. The van der Waals surface area contributed by atoms with E-state index in [1.807, 2.05) is 36.3 Å². The molecule has 3 aromatic heterocycles. The van der Waals surface area contributed by atoms with Gasteiger partial charge in [0.05, 0.1) is 25.2 Å². The summed E-state index contributed by atoms with van der Waals surface area (Å²) in [6.45, 7) is 3.71. The topological polar surface area (TPSA) is 89.3 Å². The largest absolute Gasteiger partial charge is 0.490 e. The lowest BCUT2D eigenvalue weighted by molar-refractivity contribution is -0.192. The van der Waals surface area contributed by atoms with Crippen molar-refractivity contribution >= 4 is 5.97 Å². The maximum Gasteiger partial charge on any atom is 0.490 e. The van der Waals surface area contributed by atoms with Gasteiger partial charge in [-0.3, -0.25) is 9.58 Å². The molecule has 11 heteroatoms. The van der Waals surface area contributed by atoms with Gasteiger partial charge < -0.3 is 14.1 Å². The van der Waals surface area contributed by atoms with Crippen molar-refractivity contribution in [3.8, 4) is 11.5 Å². The van der Waals surface area contributed by atoms with Crippen molar-refractivity contribution in [3.63, 3.8) is 0 Å². The van der Waals surface area contributed by atoms with Crippen LogP contribution in [0.4, 0.5) is 13.2 Å². The summed E-state index contributed by atoms with van der Waals surface area (Å²) in [7, 11) is 1.95. The quantitative estimate of drug-likeness (QED) is 0.731. The summed E-state index contributed by atoms with van der Waals surface area (Å²) in [4.78, 5) is 15.8. The minimum Gasteiger partial charge on any atom is -0.475 e. The van der Waals surface area contributed by atoms with Gasteiger partial charge in [-0.2, -0.15) is 18.3 Å². The Morgan fingerprint density at radius 1 is 1.32 bits per heavy atom. The molecule has 0 fully saturated rings. The van der Waals surface area contributed by atoms with E-state index in [0.717, 1.165) is 43.5 Å². The van der Waals surface area contributed by atoms with Gasteiger partial charge in [0.25, 0.3) is 0 Å². The second-order valence-corrected chi connectivity index (χ2v) is 6.22. The standard InChI is InChI=1S/C15H17N5O.C2HF3O2/c1-18-9-12(7-17-18)10-19-4-5-20-13(8-16-15(20)11-19)14-3-2-6-21-14;3-2(4,5)1(6)7/h2-3,6-9H,4-5,10-11H2,1H3;(H,6,7). The van der Waals surface area contributed by atoms with Crippen LogP contribution in [-0.4, -0.2) is 48.0 Å². The molecule has 150 valence electrons. The molecule has 0 bridgehead atoms. The van der Waals surface area contributed by atoms with E-state index in [4.69, 9.17) is 14.3 Å². The van der Waals surface area contributed by atoms with Gasteiger partial charge in [-0.15, -0.1) is 0 Å². The molecule has 0 aromatic carbocycles. The molecule has 0 atom stereocenters. The van der Waals surface area contributed by atoms with E-state index < -0.39 is 12.1 Å². The average Bonchev–Trinajstić information content (AvgIpc) is 3.35. The van der Waals surface area contributed by atoms with Gasteiger partial charge in [0.1, 0.15) is 11.5 Å². The highest BCUT2D eigenvalue weighted by Crippen LogP contribution is 2.24. The monoisotopic (exact) mass is 397 g/mol. The number of carboxylic acid groups (broad SMARTS) is 1. The molecule has 0 radical (unpaired) electrons. The summed E-state index contributed by atoms with van der Waals surface area (Å²) in [5.74, 6) is -0.779. The van der Waals surface area contributed by atoms with E-state index in [1.165, 1.54) is 5.56 Å². The molecule has 0 unspecified atom stereocenters. The van der Waals surface area contributed by atoms with Gasteiger partial charge in [-0.25, -0.2) is 9.78 Å². The SMILES string of the molecule is Cn1cc(CN2CCn3c(-c4ccco4)cnc3C2)cn1.O=C(O)C(F)(F)F. The predicted molar refractivity (Wildman–Crippen MR) is 90.9 cm³/mol. The van der Waals surface area contributed by atoms with Crippen LogP contribution in [0.3, 0.4) is 0 Å². The number of carbonyl (C=O) groups is 1. The number of fused-ring (bicyclic) bond motifs is 1. The Balaban J connectivity index is 0.000000279. The molecule has 0 amide bonds. The Hall–Kier alpha value is -3.08. The molecule has 4 rings (SSSR count). The van der Waals surface area contributed by atoms with Crippen molar-refractivity contribution in [3.05, 3.63) is 48.4 Å². The zero-order chi connectivity index (χ0) is 20.3. The molecule has 1 N–H and O–H groups in total. The lowest BCUT2D eigenvalue weighted by atomic mass is 10.2. The summed E-state index contributed by atoms with van der Waals surface area (Å²) in [6, 6.07) is 3.89. The molecule has 1 aliphatic heterocycles. The summed E-state index contributed by atoms with van der Waals surface area (Å²) >= 11 is 0. The van der Waals surface area contributed by atoms with Crippen LogP contribution < -0.4 is 0 Å². The molecule has 0 spiro atoms. The Bertz CT molecular complexity index is 930. The van der Waals surface area contributed by atoms with E-state index in [9.17, 15) is 13.2 Å². The van der Waals surface area contributed by atoms with Crippen molar-refractivity contribution in [1.29, 1.82) is 0 Å². The number of halogens is 3. The molecule has 3 aromatic rings. The molecule has 8 nitrogen and oxygen atoms in total. The molecular weight excluding hydrogens is 379 g/mol. The van der Waals surface area contributed by atoms with Gasteiger partial charge >= 0.3 is 12.1 Å². The van der Waals surface area contributed by atoms with Crippen molar-refractivity contribution in [2.45, 2.75) is 25.8 Å². The van der Waals surface area contributed by atoms with Crippen LogP contribution in [-0.2, 0) is 31.5 Å². The summed E-state index contributed by atoms with van der Waals surface area (Å²) in [6.07, 6.45) is 2.51. The number of hydrogen-bond acceptors (Lipinski definition) is 5. The smallest absolute Gasteiger partial charge is 0.475 e. The van der Waals surface area contributed by atoms with Crippen LogP contribution in [0.5, 0.6) is 0 Å². The normalized spacial score (nSPS) is 14.3. The van der Waals surface area contributed by atoms with Gasteiger partial charge in [-0.05, 0) is 12.1 Å². The summed E-state index contributed by atoms with van der Waals surface area (Å²) in [5, 5.41) is 11.3. The highest BCUT2D eigenvalue weighted by atomic mass is 19.4. The third-order valence-corrected chi connectivity index (χ3v) is 4.12. The fourth-order valence-electron chi connectivity index (χ4n) is 2.88. The molecule has 28 heavy (non-hydrogen) atoms. The fraction of sp³-hybridized carbons (Fsp3) is 0.353.